The highest BCUT2D eigenvalue weighted by molar-refractivity contribution is 5.83. The monoisotopic (exact) mass is 430 g/mol. The van der Waals surface area contributed by atoms with Gasteiger partial charge in [-0.3, -0.25) is 0 Å². The van der Waals surface area contributed by atoms with Crippen LogP contribution in [0.5, 0.6) is 0 Å². The van der Waals surface area contributed by atoms with Crippen LogP contribution in [0.15, 0.2) is 103 Å². The molecular weight excluding hydrogens is 404 g/mol. The van der Waals surface area contributed by atoms with E-state index in [2.05, 4.69) is 83.7 Å². The van der Waals surface area contributed by atoms with E-state index < -0.39 is 0 Å². The van der Waals surface area contributed by atoms with E-state index in [-0.39, 0.29) is 0 Å². The Balaban J connectivity index is 0.000000139. The normalized spacial score (nSPS) is 10.9. The zero-order chi connectivity index (χ0) is 22.8. The summed E-state index contributed by atoms with van der Waals surface area (Å²) >= 11 is 0. The molecule has 2 aromatic heterocycles. The molecule has 0 amide bonds. The fraction of sp³-hybridized carbons (Fsp3) is 0.103. The van der Waals surface area contributed by atoms with Gasteiger partial charge in [0.1, 0.15) is 11.6 Å². The average Bonchev–Trinajstić information content (AvgIpc) is 3.39. The maximum absolute atomic E-state index is 4.71. The number of fused-ring (bicyclic) bond motifs is 2. The fourth-order valence-electron chi connectivity index (χ4n) is 4.30. The molecule has 6 aromatic rings. The van der Waals surface area contributed by atoms with Crippen LogP contribution in [0.1, 0.15) is 5.56 Å². The maximum atomic E-state index is 4.71. The first kappa shape index (κ1) is 20.7. The molecule has 162 valence electrons. The van der Waals surface area contributed by atoms with Crippen LogP contribution in [0.3, 0.4) is 0 Å². The maximum Gasteiger partial charge on any atom is 0.140 e. The summed E-state index contributed by atoms with van der Waals surface area (Å²) in [6.07, 6.45) is 0. The van der Waals surface area contributed by atoms with Gasteiger partial charge in [-0.2, -0.15) is 0 Å². The van der Waals surface area contributed by atoms with Gasteiger partial charge in [0, 0.05) is 25.2 Å². The van der Waals surface area contributed by atoms with E-state index in [1.807, 2.05) is 54.6 Å². The van der Waals surface area contributed by atoms with Crippen LogP contribution in [-0.4, -0.2) is 19.1 Å². The lowest BCUT2D eigenvalue weighted by Crippen LogP contribution is -1.93. The molecule has 4 nitrogen and oxygen atoms in total. The van der Waals surface area contributed by atoms with Crippen molar-refractivity contribution in [2.75, 3.05) is 0 Å². The Kier molecular flexibility index (Phi) is 5.49. The van der Waals surface area contributed by atoms with Crippen molar-refractivity contribution in [1.82, 2.24) is 19.1 Å². The van der Waals surface area contributed by atoms with Crippen molar-refractivity contribution >= 4 is 22.1 Å². The fourth-order valence-corrected chi connectivity index (χ4v) is 4.30. The van der Waals surface area contributed by atoms with E-state index in [9.17, 15) is 0 Å². The minimum Gasteiger partial charge on any atom is -0.327 e. The molecule has 0 N–H and O–H groups in total. The summed E-state index contributed by atoms with van der Waals surface area (Å²) in [7, 11) is 4.13. The Bertz CT molecular complexity index is 1530. The van der Waals surface area contributed by atoms with Crippen molar-refractivity contribution in [3.63, 3.8) is 0 Å². The average molecular weight is 431 g/mol. The van der Waals surface area contributed by atoms with E-state index in [1.54, 1.807) is 0 Å². The Labute approximate surface area is 193 Å². The highest BCUT2D eigenvalue weighted by Crippen LogP contribution is 2.25. The van der Waals surface area contributed by atoms with Gasteiger partial charge in [0.2, 0.25) is 0 Å². The zero-order valence-corrected chi connectivity index (χ0v) is 19.1. The number of benzene rings is 4. The van der Waals surface area contributed by atoms with E-state index in [1.165, 1.54) is 16.6 Å². The third-order valence-corrected chi connectivity index (χ3v) is 5.95. The molecule has 4 heteroatoms. The first-order valence-electron chi connectivity index (χ1n) is 11.1. The topological polar surface area (TPSA) is 35.6 Å². The minimum atomic E-state index is 1.02. The molecule has 6 rings (SSSR count). The second-order valence-electron chi connectivity index (χ2n) is 8.15. The summed E-state index contributed by atoms with van der Waals surface area (Å²) in [6, 6.07) is 35.0. The van der Waals surface area contributed by atoms with Crippen LogP contribution in [-0.2, 0) is 14.1 Å². The second-order valence-corrected chi connectivity index (χ2v) is 8.15. The van der Waals surface area contributed by atoms with Crippen LogP contribution in [0.2, 0.25) is 0 Å². The Hall–Kier alpha value is -4.18. The molecule has 0 bridgehead atoms. The summed E-state index contributed by atoms with van der Waals surface area (Å²) in [5.41, 5.74) is 8.06. The molecule has 2 heterocycles. The Morgan fingerprint density at radius 3 is 1.64 bits per heavy atom. The highest BCUT2D eigenvalue weighted by Gasteiger charge is 2.10. The number of hydrogen-bond acceptors (Lipinski definition) is 2. The van der Waals surface area contributed by atoms with Crippen LogP contribution >= 0.6 is 0 Å². The molecule has 0 aliphatic carbocycles. The van der Waals surface area contributed by atoms with Crippen LogP contribution in [0, 0.1) is 6.92 Å². The molecule has 0 aliphatic heterocycles. The molecule has 0 spiro atoms. The predicted molar refractivity (Wildman–Crippen MR) is 137 cm³/mol. The molecule has 0 aliphatic rings. The van der Waals surface area contributed by atoms with Crippen LogP contribution in [0.4, 0.5) is 0 Å². The molecule has 0 fully saturated rings. The van der Waals surface area contributed by atoms with E-state index in [0.717, 1.165) is 33.8 Å². The Morgan fingerprint density at radius 2 is 1.03 bits per heavy atom. The van der Waals surface area contributed by atoms with Crippen molar-refractivity contribution in [3.05, 3.63) is 109 Å². The lowest BCUT2D eigenvalue weighted by Gasteiger charge is -2.03. The molecule has 0 unspecified atom stereocenters. The predicted octanol–water partition coefficient (Wildman–Crippen LogP) is 6.79. The van der Waals surface area contributed by atoms with E-state index >= 15 is 0 Å². The summed E-state index contributed by atoms with van der Waals surface area (Å²) in [4.78, 5) is 9.35. The summed E-state index contributed by atoms with van der Waals surface area (Å²) in [5.74, 6) is 2.04. The Morgan fingerprint density at radius 1 is 0.515 bits per heavy atom. The third kappa shape index (κ3) is 3.92. The number of nitrogens with zero attached hydrogens (tertiary/aromatic N) is 4. The molecule has 33 heavy (non-hydrogen) atoms. The summed E-state index contributed by atoms with van der Waals surface area (Å²) in [5, 5.41) is 0. The quantitative estimate of drug-likeness (QED) is 0.303. The number of imidazole rings is 2. The van der Waals surface area contributed by atoms with Gasteiger partial charge in [0.15, 0.2) is 0 Å². The number of aromatic nitrogens is 4. The first-order valence-corrected chi connectivity index (χ1v) is 11.1. The number of para-hydroxylation sites is 3. The number of aryl methyl sites for hydroxylation is 3. The standard InChI is InChI=1S/C15H14N2.C14H12N2/c1-11-7-6-10-13-14(11)17(2)15(16-13)12-8-4-3-5-9-12;1-16-13-10-6-5-9-12(13)15-14(16)11-7-3-2-4-8-11/h3-10H,1-2H3;2-10H,1H3. The number of rotatable bonds is 2. The lowest BCUT2D eigenvalue weighted by molar-refractivity contribution is 0.955. The molecule has 0 saturated carbocycles. The van der Waals surface area contributed by atoms with Gasteiger partial charge in [0.05, 0.1) is 22.1 Å². The van der Waals surface area contributed by atoms with Gasteiger partial charge >= 0.3 is 0 Å². The van der Waals surface area contributed by atoms with Gasteiger partial charge in [-0.1, -0.05) is 84.9 Å². The SMILES string of the molecule is Cc1cccc2nc(-c3ccccc3)n(C)c12.Cn1c(-c2ccccc2)nc2ccccc21. The minimum absolute atomic E-state index is 1.02. The molecule has 0 radical (unpaired) electrons. The molecule has 0 atom stereocenters. The summed E-state index contributed by atoms with van der Waals surface area (Å²) in [6.45, 7) is 2.12. The molecular formula is C29H26N4. The molecule has 4 aromatic carbocycles. The van der Waals surface area contributed by atoms with Crippen molar-refractivity contribution in [3.8, 4) is 22.8 Å². The van der Waals surface area contributed by atoms with E-state index in [0.29, 0.717) is 0 Å². The van der Waals surface area contributed by atoms with Gasteiger partial charge < -0.3 is 9.13 Å². The number of hydrogen-bond donors (Lipinski definition) is 0. The van der Waals surface area contributed by atoms with Crippen molar-refractivity contribution in [2.45, 2.75) is 6.92 Å². The van der Waals surface area contributed by atoms with Gasteiger partial charge in [0.25, 0.3) is 0 Å². The highest BCUT2D eigenvalue weighted by atomic mass is 15.1. The van der Waals surface area contributed by atoms with Crippen molar-refractivity contribution in [2.24, 2.45) is 14.1 Å². The third-order valence-electron chi connectivity index (χ3n) is 5.95. The van der Waals surface area contributed by atoms with Gasteiger partial charge in [-0.25, -0.2) is 9.97 Å². The smallest absolute Gasteiger partial charge is 0.140 e. The summed E-state index contributed by atoms with van der Waals surface area (Å²) < 4.78 is 4.30. The van der Waals surface area contributed by atoms with E-state index in [4.69, 9.17) is 4.98 Å². The largest absolute Gasteiger partial charge is 0.327 e. The van der Waals surface area contributed by atoms with Crippen molar-refractivity contribution in [1.29, 1.82) is 0 Å². The zero-order valence-electron chi connectivity index (χ0n) is 19.1. The lowest BCUT2D eigenvalue weighted by atomic mass is 10.2. The first-order chi connectivity index (χ1) is 16.1. The van der Waals surface area contributed by atoms with Crippen LogP contribution < -0.4 is 0 Å². The van der Waals surface area contributed by atoms with Gasteiger partial charge in [-0.05, 0) is 30.7 Å². The van der Waals surface area contributed by atoms with Crippen LogP contribution in [0.25, 0.3) is 44.8 Å². The molecule has 0 saturated heterocycles. The van der Waals surface area contributed by atoms with Crippen molar-refractivity contribution < 1.29 is 0 Å². The second kappa shape index (κ2) is 8.75. The van der Waals surface area contributed by atoms with Gasteiger partial charge in [-0.15, -0.1) is 0 Å².